The van der Waals surface area contributed by atoms with Crippen molar-refractivity contribution in [1.29, 1.82) is 0 Å². The maximum absolute atomic E-state index is 3.40. The van der Waals surface area contributed by atoms with Gasteiger partial charge in [0.1, 0.15) is 0 Å². The Morgan fingerprint density at radius 3 is 2.50 bits per heavy atom. The Kier molecular flexibility index (Phi) is 3.88. The van der Waals surface area contributed by atoms with Gasteiger partial charge in [-0.1, -0.05) is 6.92 Å². The van der Waals surface area contributed by atoms with Crippen LogP contribution in [0.5, 0.6) is 0 Å². The highest BCUT2D eigenvalue weighted by atomic mass is 15.2. The predicted octanol–water partition coefficient (Wildman–Crippen LogP) is 1.01. The average Bonchev–Trinajstić information content (AvgIpc) is 2.70. The molecule has 94 valence electrons. The summed E-state index contributed by atoms with van der Waals surface area (Å²) in [5, 5.41) is 3.40. The van der Waals surface area contributed by atoms with Crippen molar-refractivity contribution in [2.45, 2.75) is 32.2 Å². The molecule has 0 aromatic heterocycles. The van der Waals surface area contributed by atoms with Gasteiger partial charge in [0, 0.05) is 19.1 Å². The van der Waals surface area contributed by atoms with Crippen molar-refractivity contribution in [3.63, 3.8) is 0 Å². The van der Waals surface area contributed by atoms with Crippen molar-refractivity contribution in [1.82, 2.24) is 15.1 Å². The summed E-state index contributed by atoms with van der Waals surface area (Å²) in [5.41, 5.74) is 0.565. The average molecular weight is 225 g/mol. The molecule has 2 aliphatic rings. The molecule has 1 atom stereocenters. The Morgan fingerprint density at radius 2 is 1.94 bits per heavy atom. The van der Waals surface area contributed by atoms with Crippen molar-refractivity contribution >= 4 is 0 Å². The van der Waals surface area contributed by atoms with E-state index in [0.717, 1.165) is 6.04 Å². The second-order valence-corrected chi connectivity index (χ2v) is 6.12. The summed E-state index contributed by atoms with van der Waals surface area (Å²) in [5.74, 6) is 0. The Hall–Kier alpha value is -0.120. The summed E-state index contributed by atoms with van der Waals surface area (Å²) in [7, 11) is 4.33. The van der Waals surface area contributed by atoms with Gasteiger partial charge in [-0.3, -0.25) is 0 Å². The predicted molar refractivity (Wildman–Crippen MR) is 68.7 cm³/mol. The molecule has 0 radical (unpaired) electrons. The van der Waals surface area contributed by atoms with E-state index < -0.39 is 0 Å². The standard InChI is InChI=1S/C13H27N3/c1-13(5-8-15(3)9-6-13)11-16-7-4-12(10-16)14-2/h12,14H,4-11H2,1-3H3. The Balaban J connectivity index is 1.80. The largest absolute Gasteiger partial charge is 0.316 e. The zero-order valence-electron chi connectivity index (χ0n) is 11.1. The Bertz CT molecular complexity index is 221. The zero-order chi connectivity index (χ0) is 11.6. The van der Waals surface area contributed by atoms with Crippen LogP contribution in [0.1, 0.15) is 26.2 Å². The van der Waals surface area contributed by atoms with E-state index in [1.807, 2.05) is 0 Å². The molecule has 0 saturated carbocycles. The van der Waals surface area contributed by atoms with E-state index in [2.05, 4.69) is 36.1 Å². The molecule has 0 aromatic rings. The van der Waals surface area contributed by atoms with E-state index in [1.54, 1.807) is 0 Å². The molecule has 16 heavy (non-hydrogen) atoms. The Labute approximate surface area is 100 Å². The molecule has 1 N–H and O–H groups in total. The van der Waals surface area contributed by atoms with Crippen LogP contribution < -0.4 is 5.32 Å². The van der Waals surface area contributed by atoms with Gasteiger partial charge in [0.25, 0.3) is 0 Å². The third-order valence-electron chi connectivity index (χ3n) is 4.48. The highest BCUT2D eigenvalue weighted by Crippen LogP contribution is 2.32. The number of hydrogen-bond donors (Lipinski definition) is 1. The van der Waals surface area contributed by atoms with Crippen molar-refractivity contribution in [3.05, 3.63) is 0 Å². The van der Waals surface area contributed by atoms with Gasteiger partial charge in [-0.25, -0.2) is 0 Å². The van der Waals surface area contributed by atoms with Gasteiger partial charge >= 0.3 is 0 Å². The minimum Gasteiger partial charge on any atom is -0.316 e. The number of nitrogens with zero attached hydrogens (tertiary/aromatic N) is 2. The fourth-order valence-electron chi connectivity index (χ4n) is 3.07. The van der Waals surface area contributed by atoms with Crippen LogP contribution >= 0.6 is 0 Å². The molecule has 2 aliphatic heterocycles. The molecule has 0 spiro atoms. The van der Waals surface area contributed by atoms with E-state index >= 15 is 0 Å². The fraction of sp³-hybridized carbons (Fsp3) is 1.00. The molecule has 2 saturated heterocycles. The van der Waals surface area contributed by atoms with Crippen LogP contribution in [0.3, 0.4) is 0 Å². The van der Waals surface area contributed by atoms with Gasteiger partial charge in [-0.15, -0.1) is 0 Å². The normalized spacial score (nSPS) is 32.1. The van der Waals surface area contributed by atoms with Crippen LogP contribution in [0.25, 0.3) is 0 Å². The van der Waals surface area contributed by atoms with Crippen molar-refractivity contribution in [2.24, 2.45) is 5.41 Å². The van der Waals surface area contributed by atoms with Crippen LogP contribution in [-0.4, -0.2) is 62.7 Å². The molecule has 1 unspecified atom stereocenters. The maximum atomic E-state index is 3.40. The first-order chi connectivity index (χ1) is 7.61. The summed E-state index contributed by atoms with van der Waals surface area (Å²) in [6, 6.07) is 0.731. The monoisotopic (exact) mass is 225 g/mol. The fourth-order valence-corrected chi connectivity index (χ4v) is 3.07. The van der Waals surface area contributed by atoms with Crippen molar-refractivity contribution in [2.75, 3.05) is 46.8 Å². The van der Waals surface area contributed by atoms with Gasteiger partial charge in [-0.05, 0) is 58.4 Å². The van der Waals surface area contributed by atoms with Gasteiger partial charge in [-0.2, -0.15) is 0 Å². The van der Waals surface area contributed by atoms with E-state index in [-0.39, 0.29) is 0 Å². The van der Waals surface area contributed by atoms with E-state index in [1.165, 1.54) is 52.0 Å². The van der Waals surface area contributed by atoms with Gasteiger partial charge in [0.15, 0.2) is 0 Å². The van der Waals surface area contributed by atoms with Crippen LogP contribution in [-0.2, 0) is 0 Å². The molecule has 0 amide bonds. The highest BCUT2D eigenvalue weighted by Gasteiger charge is 2.33. The van der Waals surface area contributed by atoms with Gasteiger partial charge < -0.3 is 15.1 Å². The number of hydrogen-bond acceptors (Lipinski definition) is 3. The zero-order valence-corrected chi connectivity index (χ0v) is 11.1. The minimum atomic E-state index is 0.565. The lowest BCUT2D eigenvalue weighted by molar-refractivity contribution is 0.0961. The molecule has 0 bridgehead atoms. The third-order valence-corrected chi connectivity index (χ3v) is 4.48. The molecule has 2 fully saturated rings. The first kappa shape index (κ1) is 12.3. The lowest BCUT2D eigenvalue weighted by Gasteiger charge is -2.40. The van der Waals surface area contributed by atoms with Crippen LogP contribution in [0.15, 0.2) is 0 Å². The lowest BCUT2D eigenvalue weighted by Crippen LogP contribution is -2.43. The Morgan fingerprint density at radius 1 is 1.25 bits per heavy atom. The summed E-state index contributed by atoms with van der Waals surface area (Å²) >= 11 is 0. The molecule has 0 aliphatic carbocycles. The summed E-state index contributed by atoms with van der Waals surface area (Å²) in [6.07, 6.45) is 4.06. The van der Waals surface area contributed by atoms with E-state index in [4.69, 9.17) is 0 Å². The molecule has 3 heteroatoms. The second-order valence-electron chi connectivity index (χ2n) is 6.12. The van der Waals surface area contributed by atoms with Gasteiger partial charge in [0.05, 0.1) is 0 Å². The van der Waals surface area contributed by atoms with E-state index in [0.29, 0.717) is 5.41 Å². The number of rotatable bonds is 3. The number of piperidine rings is 1. The first-order valence-electron chi connectivity index (χ1n) is 6.69. The van der Waals surface area contributed by atoms with Gasteiger partial charge in [0.2, 0.25) is 0 Å². The minimum absolute atomic E-state index is 0.565. The van der Waals surface area contributed by atoms with Crippen LogP contribution in [0.2, 0.25) is 0 Å². The van der Waals surface area contributed by atoms with Crippen molar-refractivity contribution in [3.8, 4) is 0 Å². The van der Waals surface area contributed by atoms with Crippen LogP contribution in [0.4, 0.5) is 0 Å². The van der Waals surface area contributed by atoms with E-state index in [9.17, 15) is 0 Å². The first-order valence-corrected chi connectivity index (χ1v) is 6.69. The third kappa shape index (κ3) is 2.96. The number of likely N-dealkylation sites (tertiary alicyclic amines) is 2. The highest BCUT2D eigenvalue weighted by molar-refractivity contribution is 4.88. The molecular weight excluding hydrogens is 198 g/mol. The molecule has 0 aromatic carbocycles. The smallest absolute Gasteiger partial charge is 0.0204 e. The maximum Gasteiger partial charge on any atom is 0.0204 e. The molecule has 2 rings (SSSR count). The quantitative estimate of drug-likeness (QED) is 0.773. The topological polar surface area (TPSA) is 18.5 Å². The number of likely N-dealkylation sites (N-methyl/N-ethyl adjacent to an activating group) is 1. The molecule has 2 heterocycles. The number of nitrogens with one attached hydrogen (secondary N) is 1. The second kappa shape index (κ2) is 5.03. The van der Waals surface area contributed by atoms with Crippen molar-refractivity contribution < 1.29 is 0 Å². The lowest BCUT2D eigenvalue weighted by atomic mass is 9.80. The SMILES string of the molecule is CNC1CCN(CC2(C)CCN(C)CC2)C1. The summed E-state index contributed by atoms with van der Waals surface area (Å²) in [4.78, 5) is 5.12. The molecular formula is C13H27N3. The molecule has 3 nitrogen and oxygen atoms in total. The summed E-state index contributed by atoms with van der Waals surface area (Å²) < 4.78 is 0. The van der Waals surface area contributed by atoms with Crippen LogP contribution in [0, 0.1) is 5.41 Å². The summed E-state index contributed by atoms with van der Waals surface area (Å²) in [6.45, 7) is 8.88.